The lowest BCUT2D eigenvalue weighted by atomic mass is 9.65. The first-order chi connectivity index (χ1) is 10.3. The summed E-state index contributed by atoms with van der Waals surface area (Å²) >= 11 is 1.55. The van der Waals surface area contributed by atoms with Crippen LogP contribution in [0.2, 0.25) is 5.82 Å². The molecule has 2 unspecified atom stereocenters. The fraction of sp³-hybridized carbons (Fsp3) is 0.529. The van der Waals surface area contributed by atoms with Gasteiger partial charge in [0, 0.05) is 6.42 Å². The number of benzene rings is 1. The van der Waals surface area contributed by atoms with Crippen LogP contribution in [0.3, 0.4) is 0 Å². The first-order valence-corrected chi connectivity index (χ1v) is 8.92. The summed E-state index contributed by atoms with van der Waals surface area (Å²) in [5.41, 5.74) is 1.99. The van der Waals surface area contributed by atoms with Crippen LogP contribution in [0.1, 0.15) is 39.7 Å². The Hall–Kier alpha value is -1.23. The molecule has 1 aliphatic heterocycles. The van der Waals surface area contributed by atoms with Gasteiger partial charge in [0.1, 0.15) is 7.85 Å². The topological polar surface area (TPSA) is 37.4 Å². The summed E-state index contributed by atoms with van der Waals surface area (Å²) in [4.78, 5) is 25.9. The van der Waals surface area contributed by atoms with Crippen molar-refractivity contribution < 1.29 is 9.59 Å². The van der Waals surface area contributed by atoms with E-state index < -0.39 is 0 Å². The summed E-state index contributed by atoms with van der Waals surface area (Å²) < 4.78 is 0. The molecule has 22 heavy (non-hydrogen) atoms. The van der Waals surface area contributed by atoms with Gasteiger partial charge < -0.3 is 0 Å². The summed E-state index contributed by atoms with van der Waals surface area (Å²) in [6.07, 6.45) is 0.316. The highest BCUT2D eigenvalue weighted by Gasteiger charge is 2.39. The monoisotopic (exact) mass is 317 g/mol. The largest absolute Gasteiger partial charge is 0.274 e. The third-order valence-electron chi connectivity index (χ3n) is 4.79. The van der Waals surface area contributed by atoms with E-state index in [0.29, 0.717) is 17.9 Å². The molecule has 0 bridgehead atoms. The molecular formula is C17H24BNO2S. The highest BCUT2D eigenvalue weighted by atomic mass is 32.2. The number of imide groups is 1. The summed E-state index contributed by atoms with van der Waals surface area (Å²) in [6, 6.07) is 7.87. The van der Waals surface area contributed by atoms with Gasteiger partial charge in [0.25, 0.3) is 0 Å². The van der Waals surface area contributed by atoms with Crippen LogP contribution >= 0.6 is 11.8 Å². The van der Waals surface area contributed by atoms with Gasteiger partial charge in [-0.2, -0.15) is 0 Å². The van der Waals surface area contributed by atoms with Gasteiger partial charge in [-0.1, -0.05) is 45.6 Å². The van der Waals surface area contributed by atoms with Crippen LogP contribution in [-0.2, 0) is 15.0 Å². The molecule has 0 spiro atoms. The van der Waals surface area contributed by atoms with Crippen molar-refractivity contribution in [3.63, 3.8) is 0 Å². The fourth-order valence-electron chi connectivity index (χ4n) is 2.58. The van der Waals surface area contributed by atoms with Crippen LogP contribution in [0.4, 0.5) is 5.69 Å². The Kier molecular flexibility index (Phi) is 5.05. The van der Waals surface area contributed by atoms with Crippen molar-refractivity contribution in [2.75, 3.05) is 10.7 Å². The highest BCUT2D eigenvalue weighted by Crippen LogP contribution is 2.35. The molecule has 1 aromatic rings. The maximum atomic E-state index is 12.4. The van der Waals surface area contributed by atoms with E-state index in [1.165, 1.54) is 10.5 Å². The molecule has 3 nitrogen and oxygen atoms in total. The molecule has 0 radical (unpaired) electrons. The number of carbonyl (C=O) groups excluding carboxylic acids is 2. The summed E-state index contributed by atoms with van der Waals surface area (Å²) in [7, 11) is 2.20. The molecule has 1 saturated heterocycles. The van der Waals surface area contributed by atoms with Gasteiger partial charge in [-0.25, -0.2) is 4.90 Å². The fourth-order valence-corrected chi connectivity index (χ4v) is 3.49. The van der Waals surface area contributed by atoms with Gasteiger partial charge in [0.2, 0.25) is 11.8 Å². The lowest BCUT2D eigenvalue weighted by Crippen LogP contribution is -2.31. The zero-order chi connectivity index (χ0) is 16.5. The molecule has 1 aliphatic rings. The normalized spacial score (nSPS) is 20.5. The molecule has 118 valence electrons. The minimum atomic E-state index is -0.218. The van der Waals surface area contributed by atoms with E-state index in [0.717, 1.165) is 5.75 Å². The molecule has 5 heteroatoms. The SMILES string of the molecule is BC(C)C(C)(C)c1ccc(N2C(=O)CC(SCC)C2=O)cc1. The summed E-state index contributed by atoms with van der Waals surface area (Å²) in [5, 5.41) is -0.218. The number of hydrogen-bond acceptors (Lipinski definition) is 3. The Morgan fingerprint density at radius 1 is 1.32 bits per heavy atom. The van der Waals surface area contributed by atoms with Crippen LogP contribution in [0.25, 0.3) is 0 Å². The van der Waals surface area contributed by atoms with Gasteiger partial charge in [-0.05, 0) is 28.9 Å². The van der Waals surface area contributed by atoms with Crippen LogP contribution in [0.15, 0.2) is 24.3 Å². The van der Waals surface area contributed by atoms with Gasteiger partial charge in [-0.3, -0.25) is 9.59 Å². The first kappa shape index (κ1) is 17.1. The Bertz CT molecular complexity index is 569. The third kappa shape index (κ3) is 3.10. The molecule has 0 aliphatic carbocycles. The molecule has 0 N–H and O–H groups in total. The maximum Gasteiger partial charge on any atom is 0.247 e. The van der Waals surface area contributed by atoms with Crippen molar-refractivity contribution in [2.45, 2.75) is 50.6 Å². The zero-order valence-electron chi connectivity index (χ0n) is 14.1. The Morgan fingerprint density at radius 3 is 2.41 bits per heavy atom. The standard InChI is InChI=1S/C17H24BNO2S/c1-5-22-14-10-15(20)19(16(14)21)13-8-6-12(7-9-13)17(3,4)11(2)18/h6-9,11,14H,5,10,18H2,1-4H3. The predicted molar refractivity (Wildman–Crippen MR) is 96.5 cm³/mol. The molecule has 2 atom stereocenters. The van der Waals surface area contributed by atoms with Crippen LogP contribution < -0.4 is 4.90 Å². The van der Waals surface area contributed by atoms with Gasteiger partial charge in [-0.15, -0.1) is 11.8 Å². The quantitative estimate of drug-likeness (QED) is 0.619. The number of hydrogen-bond donors (Lipinski definition) is 0. The lowest BCUT2D eigenvalue weighted by Gasteiger charge is -2.30. The number of amides is 2. The maximum absolute atomic E-state index is 12.4. The average Bonchev–Trinajstić information content (AvgIpc) is 2.74. The number of carbonyl (C=O) groups is 2. The summed E-state index contributed by atoms with van der Waals surface area (Å²) in [6.45, 7) is 8.64. The molecule has 0 aromatic heterocycles. The zero-order valence-corrected chi connectivity index (χ0v) is 14.9. The molecule has 1 aromatic carbocycles. The summed E-state index contributed by atoms with van der Waals surface area (Å²) in [5.74, 6) is 1.19. The van der Waals surface area contributed by atoms with Crippen molar-refractivity contribution in [1.82, 2.24) is 0 Å². The third-order valence-corrected chi connectivity index (χ3v) is 5.89. The molecule has 2 rings (SSSR count). The van der Waals surface area contributed by atoms with Crippen LogP contribution in [0.5, 0.6) is 0 Å². The van der Waals surface area contributed by atoms with E-state index in [2.05, 4.69) is 28.6 Å². The second-order valence-corrected chi connectivity index (χ2v) is 8.12. The van der Waals surface area contributed by atoms with Gasteiger partial charge >= 0.3 is 0 Å². The first-order valence-electron chi connectivity index (χ1n) is 7.88. The molecular weight excluding hydrogens is 293 g/mol. The van der Waals surface area contributed by atoms with Crippen molar-refractivity contribution in [3.05, 3.63) is 29.8 Å². The van der Waals surface area contributed by atoms with E-state index in [9.17, 15) is 9.59 Å². The second-order valence-electron chi connectivity index (χ2n) is 6.64. The molecule has 1 heterocycles. The smallest absolute Gasteiger partial charge is 0.247 e. The Balaban J connectivity index is 2.24. The number of anilines is 1. The van der Waals surface area contributed by atoms with Crippen molar-refractivity contribution >= 4 is 37.1 Å². The second kappa shape index (κ2) is 6.49. The van der Waals surface area contributed by atoms with Gasteiger partial charge in [0.05, 0.1) is 10.9 Å². The van der Waals surface area contributed by atoms with Crippen LogP contribution in [0, 0.1) is 0 Å². The van der Waals surface area contributed by atoms with Crippen molar-refractivity contribution in [2.24, 2.45) is 0 Å². The van der Waals surface area contributed by atoms with Gasteiger partial charge in [0.15, 0.2) is 0 Å². The molecule has 2 amide bonds. The van der Waals surface area contributed by atoms with E-state index in [1.54, 1.807) is 11.8 Å². The molecule has 1 fully saturated rings. The molecule has 0 saturated carbocycles. The predicted octanol–water partition coefficient (Wildman–Crippen LogP) is 2.79. The number of rotatable bonds is 5. The van der Waals surface area contributed by atoms with Crippen LogP contribution in [-0.4, -0.2) is 30.7 Å². The van der Waals surface area contributed by atoms with E-state index in [1.807, 2.05) is 31.2 Å². The van der Waals surface area contributed by atoms with E-state index in [4.69, 9.17) is 0 Å². The minimum absolute atomic E-state index is 0.0676. The lowest BCUT2D eigenvalue weighted by molar-refractivity contribution is -0.121. The van der Waals surface area contributed by atoms with Crippen molar-refractivity contribution in [3.8, 4) is 0 Å². The Morgan fingerprint density at radius 2 is 1.91 bits per heavy atom. The number of nitrogens with zero attached hydrogens (tertiary/aromatic N) is 1. The minimum Gasteiger partial charge on any atom is -0.274 e. The van der Waals surface area contributed by atoms with E-state index in [-0.39, 0.29) is 22.5 Å². The van der Waals surface area contributed by atoms with Crippen molar-refractivity contribution in [1.29, 1.82) is 0 Å². The highest BCUT2D eigenvalue weighted by molar-refractivity contribution is 8.00. The average molecular weight is 317 g/mol. The van der Waals surface area contributed by atoms with E-state index >= 15 is 0 Å². The Labute approximate surface area is 138 Å². The number of thioether (sulfide) groups is 1.